The quantitative estimate of drug-likeness (QED) is 0.841. The highest BCUT2D eigenvalue weighted by Crippen LogP contribution is 2.54. The van der Waals surface area contributed by atoms with Gasteiger partial charge in [0.1, 0.15) is 11.4 Å². The summed E-state index contributed by atoms with van der Waals surface area (Å²) in [5, 5.41) is 0. The molecule has 4 heteroatoms. The number of rotatable bonds is 2. The molecule has 2 aliphatic rings. The zero-order valence-electron chi connectivity index (χ0n) is 13.8. The Morgan fingerprint density at radius 1 is 1.21 bits per heavy atom. The lowest BCUT2D eigenvalue weighted by molar-refractivity contribution is -0.000977. The van der Waals surface area contributed by atoms with E-state index in [-0.39, 0.29) is 12.0 Å². The number of piperidine rings is 1. The van der Waals surface area contributed by atoms with E-state index in [0.717, 1.165) is 12.2 Å². The minimum absolute atomic E-state index is 0.120. The van der Waals surface area contributed by atoms with Gasteiger partial charge in [-0.3, -0.25) is 0 Å². The van der Waals surface area contributed by atoms with Crippen LogP contribution in [0.15, 0.2) is 54.6 Å². The number of para-hydroxylation sites is 1. The summed E-state index contributed by atoms with van der Waals surface area (Å²) in [6, 6.07) is 18.5. The molecule has 2 aromatic rings. The molecule has 1 saturated heterocycles. The van der Waals surface area contributed by atoms with Crippen molar-refractivity contribution in [3.8, 4) is 5.75 Å². The van der Waals surface area contributed by atoms with Crippen LogP contribution in [0.3, 0.4) is 0 Å². The molecule has 2 heterocycles. The highest BCUT2D eigenvalue weighted by atomic mass is 16.6. The van der Waals surface area contributed by atoms with Crippen molar-refractivity contribution < 1.29 is 14.3 Å². The summed E-state index contributed by atoms with van der Waals surface area (Å²) in [5.41, 5.74) is 1.96. The van der Waals surface area contributed by atoms with Crippen molar-refractivity contribution in [3.63, 3.8) is 0 Å². The Bertz CT molecular complexity index is 746. The van der Waals surface area contributed by atoms with Gasteiger partial charge in [0, 0.05) is 31.0 Å². The Morgan fingerprint density at radius 3 is 2.75 bits per heavy atom. The minimum atomic E-state index is -0.395. The standard InChI is InChI=1S/C20H21NO3/c1-2-23-19(22)21-13-12-20(15-8-4-3-5-9-15)17(14-21)16-10-6-7-11-18(16)24-20/h3-11,17H,2,12-14H2,1H3/t17-,20+/m0/s1. The summed E-state index contributed by atoms with van der Waals surface area (Å²) in [6.45, 7) is 3.49. The predicted molar refractivity (Wildman–Crippen MR) is 91.1 cm³/mol. The highest BCUT2D eigenvalue weighted by molar-refractivity contribution is 5.68. The summed E-state index contributed by atoms with van der Waals surface area (Å²) in [7, 11) is 0. The average Bonchev–Trinajstić information content (AvgIpc) is 2.97. The lowest BCUT2D eigenvalue weighted by atomic mass is 9.74. The van der Waals surface area contributed by atoms with Crippen LogP contribution < -0.4 is 4.74 Å². The third-order valence-corrected chi connectivity index (χ3v) is 5.09. The molecular formula is C20H21NO3. The molecule has 0 saturated carbocycles. The Kier molecular flexibility index (Phi) is 3.68. The van der Waals surface area contributed by atoms with Gasteiger partial charge in [0.15, 0.2) is 0 Å². The minimum Gasteiger partial charge on any atom is -0.481 e. The molecule has 1 amide bonds. The van der Waals surface area contributed by atoms with Crippen molar-refractivity contribution in [2.24, 2.45) is 0 Å². The Labute approximate surface area is 142 Å². The fraction of sp³-hybridized carbons (Fsp3) is 0.350. The second-order valence-electron chi connectivity index (χ2n) is 6.34. The maximum absolute atomic E-state index is 12.2. The Morgan fingerprint density at radius 2 is 1.96 bits per heavy atom. The van der Waals surface area contributed by atoms with Crippen molar-refractivity contribution in [1.82, 2.24) is 4.90 Å². The van der Waals surface area contributed by atoms with E-state index in [1.165, 1.54) is 11.1 Å². The lowest BCUT2D eigenvalue weighted by Crippen LogP contribution is -2.50. The molecule has 0 N–H and O–H groups in total. The second kappa shape index (κ2) is 5.86. The van der Waals surface area contributed by atoms with E-state index in [4.69, 9.17) is 9.47 Å². The summed E-state index contributed by atoms with van der Waals surface area (Å²) in [5.74, 6) is 1.05. The molecule has 0 aliphatic carbocycles. The first-order valence-electron chi connectivity index (χ1n) is 8.50. The van der Waals surface area contributed by atoms with Crippen LogP contribution in [0.2, 0.25) is 0 Å². The number of benzene rings is 2. The number of carbonyl (C=O) groups is 1. The number of likely N-dealkylation sites (tertiary alicyclic amines) is 1. The molecule has 2 aromatic carbocycles. The first-order valence-corrected chi connectivity index (χ1v) is 8.50. The number of hydrogen-bond donors (Lipinski definition) is 0. The molecule has 0 bridgehead atoms. The summed E-state index contributed by atoms with van der Waals surface area (Å²) >= 11 is 0. The SMILES string of the molecule is CCOC(=O)N1CC[C@]2(c3ccccc3)Oc3ccccc3[C@@H]2C1. The molecule has 1 fully saturated rings. The van der Waals surface area contributed by atoms with Crippen molar-refractivity contribution in [1.29, 1.82) is 0 Å². The van der Waals surface area contributed by atoms with E-state index in [2.05, 4.69) is 18.2 Å². The fourth-order valence-electron chi connectivity index (χ4n) is 3.97. The van der Waals surface area contributed by atoms with Gasteiger partial charge < -0.3 is 14.4 Å². The van der Waals surface area contributed by atoms with Crippen LogP contribution >= 0.6 is 0 Å². The topological polar surface area (TPSA) is 38.8 Å². The summed E-state index contributed by atoms with van der Waals surface area (Å²) in [4.78, 5) is 14.0. The van der Waals surface area contributed by atoms with E-state index in [1.807, 2.05) is 43.3 Å². The lowest BCUT2D eigenvalue weighted by Gasteiger charge is -2.43. The number of carbonyl (C=O) groups excluding carboxylic acids is 1. The van der Waals surface area contributed by atoms with Crippen molar-refractivity contribution in [2.45, 2.75) is 24.9 Å². The predicted octanol–water partition coefficient (Wildman–Crippen LogP) is 3.92. The molecule has 0 aromatic heterocycles. The zero-order chi connectivity index (χ0) is 16.6. The van der Waals surface area contributed by atoms with E-state index in [9.17, 15) is 4.79 Å². The van der Waals surface area contributed by atoms with Crippen LogP contribution in [-0.4, -0.2) is 30.7 Å². The molecule has 2 aliphatic heterocycles. The Hall–Kier alpha value is -2.49. The van der Waals surface area contributed by atoms with Gasteiger partial charge >= 0.3 is 6.09 Å². The summed E-state index contributed by atoms with van der Waals surface area (Å²) in [6.07, 6.45) is 0.526. The smallest absolute Gasteiger partial charge is 0.409 e. The molecule has 4 rings (SSSR count). The first-order chi connectivity index (χ1) is 11.7. The van der Waals surface area contributed by atoms with Crippen molar-refractivity contribution in [3.05, 3.63) is 65.7 Å². The van der Waals surface area contributed by atoms with Gasteiger partial charge in [0.25, 0.3) is 0 Å². The number of hydrogen-bond acceptors (Lipinski definition) is 3. The van der Waals surface area contributed by atoms with Crippen LogP contribution in [0.4, 0.5) is 4.79 Å². The second-order valence-corrected chi connectivity index (χ2v) is 6.34. The van der Waals surface area contributed by atoms with Gasteiger partial charge in [0.05, 0.1) is 6.61 Å². The van der Waals surface area contributed by atoms with Crippen LogP contribution in [0.25, 0.3) is 0 Å². The van der Waals surface area contributed by atoms with Gasteiger partial charge in [-0.25, -0.2) is 4.79 Å². The number of ether oxygens (including phenoxy) is 2. The van der Waals surface area contributed by atoms with Gasteiger partial charge in [-0.15, -0.1) is 0 Å². The van der Waals surface area contributed by atoms with Crippen LogP contribution in [0.5, 0.6) is 5.75 Å². The monoisotopic (exact) mass is 323 g/mol. The van der Waals surface area contributed by atoms with Gasteiger partial charge in [-0.05, 0) is 18.6 Å². The molecule has 0 unspecified atom stereocenters. The maximum Gasteiger partial charge on any atom is 0.409 e. The normalized spacial score (nSPS) is 24.7. The van der Waals surface area contributed by atoms with Crippen LogP contribution in [0, 0.1) is 0 Å². The van der Waals surface area contributed by atoms with Gasteiger partial charge in [0.2, 0.25) is 0 Å². The van der Waals surface area contributed by atoms with E-state index in [1.54, 1.807) is 4.90 Å². The van der Waals surface area contributed by atoms with Gasteiger partial charge in [-0.1, -0.05) is 48.5 Å². The fourth-order valence-corrected chi connectivity index (χ4v) is 3.97. The number of amides is 1. The molecule has 2 atom stereocenters. The van der Waals surface area contributed by atoms with E-state index in [0.29, 0.717) is 19.7 Å². The maximum atomic E-state index is 12.2. The van der Waals surface area contributed by atoms with E-state index < -0.39 is 5.60 Å². The third kappa shape index (κ3) is 2.25. The van der Waals surface area contributed by atoms with Gasteiger partial charge in [-0.2, -0.15) is 0 Å². The molecule has 124 valence electrons. The van der Waals surface area contributed by atoms with Crippen molar-refractivity contribution in [2.75, 3.05) is 19.7 Å². The van der Waals surface area contributed by atoms with Crippen molar-refractivity contribution >= 4 is 6.09 Å². The molecule has 0 spiro atoms. The zero-order valence-corrected chi connectivity index (χ0v) is 13.8. The number of nitrogens with zero attached hydrogens (tertiary/aromatic N) is 1. The third-order valence-electron chi connectivity index (χ3n) is 5.09. The van der Waals surface area contributed by atoms with Crippen LogP contribution in [0.1, 0.15) is 30.4 Å². The van der Waals surface area contributed by atoms with Crippen LogP contribution in [-0.2, 0) is 10.3 Å². The molecule has 24 heavy (non-hydrogen) atoms. The molecule has 0 radical (unpaired) electrons. The highest BCUT2D eigenvalue weighted by Gasteiger charge is 2.53. The Balaban J connectivity index is 1.74. The van der Waals surface area contributed by atoms with E-state index >= 15 is 0 Å². The average molecular weight is 323 g/mol. The molecular weight excluding hydrogens is 302 g/mol. The largest absolute Gasteiger partial charge is 0.481 e. The first kappa shape index (κ1) is 15.1. The molecule has 4 nitrogen and oxygen atoms in total. The number of fused-ring (bicyclic) bond motifs is 3. The summed E-state index contributed by atoms with van der Waals surface area (Å²) < 4.78 is 11.7.